The van der Waals surface area contributed by atoms with Gasteiger partial charge in [-0.2, -0.15) is 17.7 Å². The lowest BCUT2D eigenvalue weighted by molar-refractivity contribution is -0.145. The summed E-state index contributed by atoms with van der Waals surface area (Å²) < 4.78 is 0. The Morgan fingerprint density at radius 3 is 2.38 bits per heavy atom. The first-order chi connectivity index (χ1) is 7.38. The van der Waals surface area contributed by atoms with Crippen LogP contribution in [-0.2, 0) is 9.59 Å². The second kappa shape index (κ2) is 7.27. The van der Waals surface area contributed by atoms with Gasteiger partial charge in [-0.3, -0.25) is 9.59 Å². The van der Waals surface area contributed by atoms with Crippen LogP contribution in [0.5, 0.6) is 0 Å². The third-order valence-electron chi connectivity index (χ3n) is 1.74. The zero-order valence-electron chi connectivity index (χ0n) is 9.75. The van der Waals surface area contributed by atoms with Gasteiger partial charge in [-0.25, -0.2) is 5.01 Å². The van der Waals surface area contributed by atoms with Crippen molar-refractivity contribution in [2.24, 2.45) is 16.9 Å². The third-order valence-corrected chi connectivity index (χ3v) is 2.29. The molecule has 6 heteroatoms. The van der Waals surface area contributed by atoms with Gasteiger partial charge in [0.1, 0.15) is 6.54 Å². The van der Waals surface area contributed by atoms with E-state index >= 15 is 0 Å². The summed E-state index contributed by atoms with van der Waals surface area (Å²) in [5, 5.41) is 13.5. The Kier molecular flexibility index (Phi) is 6.80. The van der Waals surface area contributed by atoms with E-state index in [0.717, 1.165) is 5.01 Å². The van der Waals surface area contributed by atoms with Crippen molar-refractivity contribution in [1.82, 2.24) is 5.01 Å². The number of rotatable bonds is 6. The van der Waals surface area contributed by atoms with Crippen molar-refractivity contribution in [3.05, 3.63) is 0 Å². The second-order valence-corrected chi connectivity index (χ2v) is 4.25. The summed E-state index contributed by atoms with van der Waals surface area (Å²) in [7, 11) is 0. The van der Waals surface area contributed by atoms with Crippen LogP contribution in [0.25, 0.3) is 0 Å². The Labute approximate surface area is 101 Å². The van der Waals surface area contributed by atoms with E-state index < -0.39 is 12.5 Å². The summed E-state index contributed by atoms with van der Waals surface area (Å²) in [6.07, 6.45) is 1.55. The van der Waals surface area contributed by atoms with Gasteiger partial charge in [0.25, 0.3) is 0 Å². The molecule has 5 nitrogen and oxygen atoms in total. The SMILES string of the molecule is CC(C)C=NN(CC(=O)O)C(=O)C(C)CS. The van der Waals surface area contributed by atoms with Gasteiger partial charge in [-0.15, -0.1) is 0 Å². The highest BCUT2D eigenvalue weighted by Crippen LogP contribution is 2.05. The second-order valence-electron chi connectivity index (χ2n) is 3.88. The first-order valence-corrected chi connectivity index (χ1v) is 5.69. The van der Waals surface area contributed by atoms with Crippen molar-refractivity contribution in [3.8, 4) is 0 Å². The Hall–Kier alpha value is -1.04. The number of hydrazone groups is 1. The molecule has 92 valence electrons. The number of amides is 1. The van der Waals surface area contributed by atoms with Gasteiger partial charge in [0.2, 0.25) is 5.91 Å². The number of hydrogen-bond donors (Lipinski definition) is 2. The highest BCUT2D eigenvalue weighted by molar-refractivity contribution is 7.80. The molecule has 1 amide bonds. The summed E-state index contributed by atoms with van der Waals surface area (Å²) in [5.41, 5.74) is 0. The highest BCUT2D eigenvalue weighted by atomic mass is 32.1. The molecule has 0 saturated carbocycles. The van der Waals surface area contributed by atoms with Crippen molar-refractivity contribution < 1.29 is 14.7 Å². The summed E-state index contributed by atoms with van der Waals surface area (Å²) in [4.78, 5) is 22.3. The van der Waals surface area contributed by atoms with E-state index in [1.54, 1.807) is 13.1 Å². The zero-order valence-corrected chi connectivity index (χ0v) is 10.6. The fraction of sp³-hybridized carbons (Fsp3) is 0.700. The molecule has 16 heavy (non-hydrogen) atoms. The molecule has 1 unspecified atom stereocenters. The number of thiol groups is 1. The fourth-order valence-electron chi connectivity index (χ4n) is 0.850. The predicted molar refractivity (Wildman–Crippen MR) is 65.7 cm³/mol. The molecule has 1 atom stereocenters. The van der Waals surface area contributed by atoms with Gasteiger partial charge in [0.15, 0.2) is 0 Å². The maximum atomic E-state index is 11.7. The number of carboxylic acid groups (broad SMARTS) is 1. The molecule has 0 aromatic carbocycles. The van der Waals surface area contributed by atoms with Gasteiger partial charge in [-0.05, 0) is 5.92 Å². The minimum absolute atomic E-state index is 0.162. The van der Waals surface area contributed by atoms with Gasteiger partial charge in [-0.1, -0.05) is 20.8 Å². The number of hydrogen-bond acceptors (Lipinski definition) is 4. The number of carbonyl (C=O) groups excluding carboxylic acids is 1. The van der Waals surface area contributed by atoms with Gasteiger partial charge in [0.05, 0.1) is 0 Å². The van der Waals surface area contributed by atoms with Crippen LogP contribution < -0.4 is 0 Å². The molecule has 0 fully saturated rings. The number of carboxylic acids is 1. The number of aliphatic carboxylic acids is 1. The minimum atomic E-state index is -1.08. The molecule has 0 aliphatic heterocycles. The van der Waals surface area contributed by atoms with Crippen LogP contribution in [0.4, 0.5) is 0 Å². The van der Waals surface area contributed by atoms with Crippen molar-refractivity contribution >= 4 is 30.7 Å². The van der Waals surface area contributed by atoms with Crippen LogP contribution in [0.1, 0.15) is 20.8 Å². The first kappa shape index (κ1) is 15.0. The van der Waals surface area contributed by atoms with Crippen LogP contribution in [0, 0.1) is 11.8 Å². The molecule has 0 aromatic heterocycles. The molecule has 0 bridgehead atoms. The van der Waals surface area contributed by atoms with Gasteiger partial charge in [0, 0.05) is 17.9 Å². The molecule has 1 N–H and O–H groups in total. The minimum Gasteiger partial charge on any atom is -0.480 e. The first-order valence-electron chi connectivity index (χ1n) is 5.06. The average molecular weight is 246 g/mol. The Morgan fingerprint density at radius 1 is 1.44 bits per heavy atom. The van der Waals surface area contributed by atoms with Gasteiger partial charge >= 0.3 is 5.97 Å². The maximum Gasteiger partial charge on any atom is 0.325 e. The van der Waals surface area contributed by atoms with Gasteiger partial charge < -0.3 is 5.11 Å². The Balaban J connectivity index is 4.66. The van der Waals surface area contributed by atoms with Crippen molar-refractivity contribution in [1.29, 1.82) is 0 Å². The van der Waals surface area contributed by atoms with Crippen molar-refractivity contribution in [2.45, 2.75) is 20.8 Å². The quantitative estimate of drug-likeness (QED) is 0.419. The van der Waals surface area contributed by atoms with E-state index in [9.17, 15) is 9.59 Å². The number of carbonyl (C=O) groups is 2. The van der Waals surface area contributed by atoms with Crippen LogP contribution in [0.3, 0.4) is 0 Å². The van der Waals surface area contributed by atoms with Crippen LogP contribution in [0.15, 0.2) is 5.10 Å². The molecule has 0 spiro atoms. The lowest BCUT2D eigenvalue weighted by Crippen LogP contribution is -2.35. The molecule has 0 aliphatic rings. The van der Waals surface area contributed by atoms with Crippen LogP contribution in [0.2, 0.25) is 0 Å². The van der Waals surface area contributed by atoms with E-state index in [1.807, 2.05) is 13.8 Å². The lowest BCUT2D eigenvalue weighted by atomic mass is 10.2. The molecule has 0 radical (unpaired) electrons. The molecule has 0 aromatic rings. The Bertz CT molecular complexity index is 279. The van der Waals surface area contributed by atoms with Crippen LogP contribution >= 0.6 is 12.6 Å². The molecule has 0 heterocycles. The van der Waals surface area contributed by atoms with E-state index in [0.29, 0.717) is 5.75 Å². The topological polar surface area (TPSA) is 70.0 Å². The highest BCUT2D eigenvalue weighted by Gasteiger charge is 2.20. The van der Waals surface area contributed by atoms with Crippen LogP contribution in [-0.4, -0.2) is 40.5 Å². The monoisotopic (exact) mass is 246 g/mol. The molecule has 0 rings (SSSR count). The lowest BCUT2D eigenvalue weighted by Gasteiger charge is -2.18. The Morgan fingerprint density at radius 2 is 2.00 bits per heavy atom. The molecular formula is C10H18N2O3S. The van der Waals surface area contributed by atoms with E-state index in [1.165, 1.54) is 0 Å². The van der Waals surface area contributed by atoms with E-state index in [4.69, 9.17) is 5.11 Å². The maximum absolute atomic E-state index is 11.7. The van der Waals surface area contributed by atoms with Crippen molar-refractivity contribution in [2.75, 3.05) is 12.3 Å². The smallest absolute Gasteiger partial charge is 0.325 e. The summed E-state index contributed by atoms with van der Waals surface area (Å²) in [5.74, 6) is -1.22. The standard InChI is InChI=1S/C10H18N2O3S/c1-7(2)4-11-12(5-9(13)14)10(15)8(3)6-16/h4,7-8,16H,5-6H2,1-3H3,(H,13,14). The summed E-state index contributed by atoms with van der Waals surface area (Å²) >= 11 is 4.00. The number of nitrogens with zero attached hydrogens (tertiary/aromatic N) is 2. The predicted octanol–water partition coefficient (Wildman–Crippen LogP) is 1.11. The molecule has 0 saturated heterocycles. The third kappa shape index (κ3) is 5.75. The molecular weight excluding hydrogens is 228 g/mol. The zero-order chi connectivity index (χ0) is 12.7. The normalized spacial score (nSPS) is 13.1. The summed E-state index contributed by atoms with van der Waals surface area (Å²) in [6.45, 7) is 5.07. The fourth-order valence-corrected chi connectivity index (χ4v) is 1.01. The van der Waals surface area contributed by atoms with Crippen molar-refractivity contribution in [3.63, 3.8) is 0 Å². The average Bonchev–Trinajstić information content (AvgIpc) is 2.21. The largest absolute Gasteiger partial charge is 0.480 e. The summed E-state index contributed by atoms with van der Waals surface area (Å²) in [6, 6.07) is 0. The van der Waals surface area contributed by atoms with E-state index in [2.05, 4.69) is 17.7 Å². The molecule has 0 aliphatic carbocycles. The van der Waals surface area contributed by atoms with E-state index in [-0.39, 0.29) is 17.7 Å².